The van der Waals surface area contributed by atoms with Gasteiger partial charge in [-0.05, 0) is 48.7 Å². The van der Waals surface area contributed by atoms with Crippen molar-refractivity contribution in [2.24, 2.45) is 7.05 Å². The maximum atomic E-state index is 12.0. The molecule has 0 N–H and O–H groups in total. The van der Waals surface area contributed by atoms with Crippen LogP contribution in [0.5, 0.6) is 0 Å². The Kier molecular flexibility index (Phi) is 4.09. The highest BCUT2D eigenvalue weighted by atomic mass is 16.5. The number of pyridine rings is 1. The Balaban J connectivity index is 1.54. The van der Waals surface area contributed by atoms with Crippen LogP contribution < -0.4 is 0 Å². The highest BCUT2D eigenvalue weighted by Gasteiger charge is 2.10. The second kappa shape index (κ2) is 6.34. The normalized spacial score (nSPS) is 10.8. The maximum Gasteiger partial charge on any atom is 0.338 e. The van der Waals surface area contributed by atoms with Gasteiger partial charge in [0.05, 0.1) is 17.7 Å². The number of aromatic nitrogens is 4. The zero-order valence-corrected chi connectivity index (χ0v) is 12.3. The van der Waals surface area contributed by atoms with Gasteiger partial charge in [0, 0.05) is 19.4 Å². The zero-order chi connectivity index (χ0) is 15.4. The van der Waals surface area contributed by atoms with Crippen molar-refractivity contribution in [3.8, 4) is 0 Å². The van der Waals surface area contributed by atoms with Crippen LogP contribution in [0.3, 0.4) is 0 Å². The summed E-state index contributed by atoms with van der Waals surface area (Å²) >= 11 is 0. The molecule has 0 saturated heterocycles. The fraction of sp³-hybridized carbons (Fsp3) is 0.250. The summed E-state index contributed by atoms with van der Waals surface area (Å²) in [5.41, 5.74) is 3.26. The molecule has 112 valence electrons. The third-order valence-corrected chi connectivity index (χ3v) is 3.44. The van der Waals surface area contributed by atoms with E-state index in [-0.39, 0.29) is 5.97 Å². The number of carbonyl (C=O) groups is 1. The number of hydrogen-bond donors (Lipinski definition) is 0. The van der Waals surface area contributed by atoms with Crippen LogP contribution in [0, 0.1) is 0 Å². The van der Waals surface area contributed by atoms with Crippen LogP contribution in [-0.2, 0) is 18.2 Å². The number of hydrogen-bond acceptors (Lipinski definition) is 5. The first kappa shape index (κ1) is 14.2. The number of benzene rings is 1. The van der Waals surface area contributed by atoms with Gasteiger partial charge in [-0.1, -0.05) is 5.21 Å². The fourth-order valence-electron chi connectivity index (χ4n) is 2.24. The van der Waals surface area contributed by atoms with Gasteiger partial charge in [0.1, 0.15) is 5.52 Å². The van der Waals surface area contributed by atoms with Crippen molar-refractivity contribution < 1.29 is 9.53 Å². The topological polar surface area (TPSA) is 69.9 Å². The predicted molar refractivity (Wildman–Crippen MR) is 81.3 cm³/mol. The summed E-state index contributed by atoms with van der Waals surface area (Å²) in [6, 6.07) is 9.18. The smallest absolute Gasteiger partial charge is 0.338 e. The van der Waals surface area contributed by atoms with E-state index < -0.39 is 0 Å². The summed E-state index contributed by atoms with van der Waals surface area (Å²) in [6.45, 7) is 0.389. The molecule has 3 aromatic rings. The van der Waals surface area contributed by atoms with E-state index in [0.29, 0.717) is 17.7 Å². The Morgan fingerprint density at radius 1 is 1.23 bits per heavy atom. The van der Waals surface area contributed by atoms with Crippen LogP contribution in [0.1, 0.15) is 22.3 Å². The Bertz CT molecular complexity index is 783. The highest BCUT2D eigenvalue weighted by Crippen LogP contribution is 2.13. The molecule has 2 aromatic heterocycles. The molecule has 0 unspecified atom stereocenters. The third-order valence-electron chi connectivity index (χ3n) is 3.44. The van der Waals surface area contributed by atoms with E-state index in [1.165, 1.54) is 5.56 Å². The molecular formula is C16H16N4O2. The summed E-state index contributed by atoms with van der Waals surface area (Å²) in [5.74, 6) is -0.331. The molecule has 6 nitrogen and oxygen atoms in total. The van der Waals surface area contributed by atoms with Crippen molar-refractivity contribution in [2.45, 2.75) is 12.8 Å². The van der Waals surface area contributed by atoms with Crippen molar-refractivity contribution >= 4 is 17.0 Å². The predicted octanol–water partition coefficient (Wildman–Crippen LogP) is 2.15. The first-order valence-electron chi connectivity index (χ1n) is 7.09. The highest BCUT2D eigenvalue weighted by molar-refractivity contribution is 5.93. The Morgan fingerprint density at radius 2 is 2.05 bits per heavy atom. The van der Waals surface area contributed by atoms with Gasteiger partial charge in [0.15, 0.2) is 0 Å². The van der Waals surface area contributed by atoms with E-state index in [0.717, 1.165) is 18.4 Å². The molecule has 0 fully saturated rings. The van der Waals surface area contributed by atoms with Gasteiger partial charge in [0.2, 0.25) is 0 Å². The summed E-state index contributed by atoms with van der Waals surface area (Å²) in [5, 5.41) is 7.91. The Labute approximate surface area is 127 Å². The van der Waals surface area contributed by atoms with Gasteiger partial charge < -0.3 is 4.74 Å². The fourth-order valence-corrected chi connectivity index (χ4v) is 2.24. The molecule has 0 bridgehead atoms. The minimum absolute atomic E-state index is 0.331. The van der Waals surface area contributed by atoms with Gasteiger partial charge in [-0.3, -0.25) is 4.98 Å². The molecular weight excluding hydrogens is 280 g/mol. The number of rotatable bonds is 5. The molecule has 0 aliphatic heterocycles. The van der Waals surface area contributed by atoms with Crippen LogP contribution in [0.25, 0.3) is 11.0 Å². The monoisotopic (exact) mass is 296 g/mol. The van der Waals surface area contributed by atoms with Crippen molar-refractivity contribution in [2.75, 3.05) is 6.61 Å². The lowest BCUT2D eigenvalue weighted by Crippen LogP contribution is -2.07. The lowest BCUT2D eigenvalue weighted by Gasteiger charge is -2.05. The van der Waals surface area contributed by atoms with Crippen molar-refractivity contribution in [1.29, 1.82) is 0 Å². The van der Waals surface area contributed by atoms with E-state index in [2.05, 4.69) is 15.3 Å². The Morgan fingerprint density at radius 3 is 2.86 bits per heavy atom. The van der Waals surface area contributed by atoms with E-state index in [1.807, 2.05) is 25.2 Å². The van der Waals surface area contributed by atoms with Crippen LogP contribution in [0.4, 0.5) is 0 Å². The quantitative estimate of drug-likeness (QED) is 0.533. The first-order valence-corrected chi connectivity index (χ1v) is 7.09. The summed E-state index contributed by atoms with van der Waals surface area (Å²) in [7, 11) is 1.81. The average molecular weight is 296 g/mol. The van der Waals surface area contributed by atoms with Crippen LogP contribution in [0.2, 0.25) is 0 Å². The minimum Gasteiger partial charge on any atom is -0.462 e. The number of nitrogens with zero attached hydrogens (tertiary/aromatic N) is 4. The molecule has 0 saturated carbocycles. The molecule has 0 aliphatic rings. The van der Waals surface area contributed by atoms with Gasteiger partial charge in [0.25, 0.3) is 0 Å². The molecule has 0 aliphatic carbocycles. The second-order valence-corrected chi connectivity index (χ2v) is 5.01. The van der Waals surface area contributed by atoms with Gasteiger partial charge >= 0.3 is 5.97 Å². The number of carbonyl (C=O) groups excluding carboxylic acids is 1. The van der Waals surface area contributed by atoms with Crippen LogP contribution in [0.15, 0.2) is 42.7 Å². The molecule has 0 atom stereocenters. The molecule has 0 radical (unpaired) electrons. The number of ether oxygens (including phenoxy) is 1. The summed E-state index contributed by atoms with van der Waals surface area (Å²) in [4.78, 5) is 16.0. The minimum atomic E-state index is -0.331. The van der Waals surface area contributed by atoms with E-state index in [4.69, 9.17) is 4.74 Å². The lowest BCUT2D eigenvalue weighted by atomic mass is 10.1. The van der Waals surface area contributed by atoms with Crippen molar-refractivity contribution in [1.82, 2.24) is 20.0 Å². The molecule has 0 amide bonds. The van der Waals surface area contributed by atoms with Gasteiger partial charge in [-0.25, -0.2) is 9.48 Å². The first-order chi connectivity index (χ1) is 10.7. The molecule has 6 heteroatoms. The van der Waals surface area contributed by atoms with E-state index in [1.54, 1.807) is 29.2 Å². The summed E-state index contributed by atoms with van der Waals surface area (Å²) < 4.78 is 6.96. The Hall–Kier alpha value is -2.76. The summed E-state index contributed by atoms with van der Waals surface area (Å²) in [6.07, 6.45) is 5.16. The zero-order valence-electron chi connectivity index (χ0n) is 12.3. The van der Waals surface area contributed by atoms with E-state index in [9.17, 15) is 4.79 Å². The average Bonchev–Trinajstić information content (AvgIpc) is 2.93. The number of fused-ring (bicyclic) bond motifs is 1. The number of aryl methyl sites for hydroxylation is 2. The SMILES string of the molecule is Cn1nnc2cc(C(=O)OCCCc3ccncc3)ccc21. The maximum absolute atomic E-state index is 12.0. The second-order valence-electron chi connectivity index (χ2n) is 5.01. The van der Waals surface area contributed by atoms with Crippen molar-refractivity contribution in [3.05, 3.63) is 53.9 Å². The van der Waals surface area contributed by atoms with Gasteiger partial charge in [-0.2, -0.15) is 0 Å². The standard InChI is InChI=1S/C16H16N4O2/c1-20-15-5-4-13(11-14(15)18-19-20)16(21)22-10-2-3-12-6-8-17-9-7-12/h4-9,11H,2-3,10H2,1H3. The molecule has 3 rings (SSSR count). The largest absolute Gasteiger partial charge is 0.462 e. The lowest BCUT2D eigenvalue weighted by molar-refractivity contribution is 0.0501. The molecule has 2 heterocycles. The van der Waals surface area contributed by atoms with E-state index >= 15 is 0 Å². The van der Waals surface area contributed by atoms with Crippen molar-refractivity contribution in [3.63, 3.8) is 0 Å². The molecule has 1 aromatic carbocycles. The van der Waals surface area contributed by atoms with Crippen LogP contribution >= 0.6 is 0 Å². The van der Waals surface area contributed by atoms with Crippen LogP contribution in [-0.4, -0.2) is 32.6 Å². The molecule has 22 heavy (non-hydrogen) atoms. The number of esters is 1. The third kappa shape index (κ3) is 3.11. The van der Waals surface area contributed by atoms with Gasteiger partial charge in [-0.15, -0.1) is 5.10 Å². The molecule has 0 spiro atoms.